The third-order valence-corrected chi connectivity index (χ3v) is 2.92. The van der Waals surface area contributed by atoms with Crippen molar-refractivity contribution in [2.75, 3.05) is 12.3 Å². The van der Waals surface area contributed by atoms with Gasteiger partial charge in [0.25, 0.3) is 0 Å². The lowest BCUT2D eigenvalue weighted by atomic mass is 10.1. The maximum Gasteiger partial charge on any atom is 0.0926 e. The van der Waals surface area contributed by atoms with Crippen LogP contribution in [0.5, 0.6) is 0 Å². The zero-order valence-electron chi connectivity index (χ0n) is 7.81. The van der Waals surface area contributed by atoms with Crippen molar-refractivity contribution in [1.29, 1.82) is 0 Å². The summed E-state index contributed by atoms with van der Waals surface area (Å²) >= 11 is 1.76. The van der Waals surface area contributed by atoms with Crippen LogP contribution in [0, 0.1) is 0 Å². The highest BCUT2D eigenvalue weighted by atomic mass is 32.2. The maximum absolute atomic E-state index is 5.94. The highest BCUT2D eigenvalue weighted by Gasteiger charge is 2.04. The summed E-state index contributed by atoms with van der Waals surface area (Å²) in [6.07, 6.45) is 1.95. The predicted molar refractivity (Wildman–Crippen MR) is 63.4 cm³/mol. The number of nitrogens with two attached hydrogens (primary N) is 1. The molecule has 1 aliphatic heterocycles. The summed E-state index contributed by atoms with van der Waals surface area (Å²) in [7, 11) is 0. The van der Waals surface area contributed by atoms with Gasteiger partial charge in [-0.1, -0.05) is 30.3 Å². The van der Waals surface area contributed by atoms with E-state index in [2.05, 4.69) is 4.99 Å². The van der Waals surface area contributed by atoms with Crippen LogP contribution in [-0.4, -0.2) is 17.3 Å². The molecule has 0 bridgehead atoms. The Kier molecular flexibility index (Phi) is 2.89. The number of aliphatic imine (C=N–C) groups is 1. The van der Waals surface area contributed by atoms with Crippen molar-refractivity contribution in [3.05, 3.63) is 42.0 Å². The first kappa shape index (κ1) is 9.34. The molecule has 0 saturated heterocycles. The quantitative estimate of drug-likeness (QED) is 0.801. The van der Waals surface area contributed by atoms with Gasteiger partial charge in [-0.2, -0.15) is 0 Å². The molecule has 0 fully saturated rings. The normalized spacial score (nSPS) is 16.9. The van der Waals surface area contributed by atoms with Crippen LogP contribution in [0.4, 0.5) is 0 Å². The van der Waals surface area contributed by atoms with Crippen LogP contribution in [0.15, 0.2) is 41.4 Å². The number of hydrogen-bond donors (Lipinski definition) is 1. The molecule has 0 atom stereocenters. The molecule has 2 rings (SSSR count). The summed E-state index contributed by atoms with van der Waals surface area (Å²) in [5.74, 6) is 1.08. The summed E-state index contributed by atoms with van der Waals surface area (Å²) in [4.78, 5) is 4.32. The van der Waals surface area contributed by atoms with Crippen molar-refractivity contribution in [3.8, 4) is 0 Å². The van der Waals surface area contributed by atoms with E-state index < -0.39 is 0 Å². The Labute approximate surface area is 87.9 Å². The predicted octanol–water partition coefficient (Wildman–Crippen LogP) is 2.13. The van der Waals surface area contributed by atoms with E-state index in [-0.39, 0.29) is 0 Å². The van der Waals surface area contributed by atoms with Crippen LogP contribution in [0.1, 0.15) is 5.56 Å². The van der Waals surface area contributed by atoms with Crippen LogP contribution < -0.4 is 5.73 Å². The Bertz CT molecular complexity index is 368. The topological polar surface area (TPSA) is 38.4 Å². The molecular weight excluding hydrogens is 192 g/mol. The fraction of sp³-hybridized carbons (Fsp3) is 0.182. The molecule has 0 amide bonds. The van der Waals surface area contributed by atoms with Gasteiger partial charge in [0.2, 0.25) is 0 Å². The smallest absolute Gasteiger partial charge is 0.0926 e. The maximum atomic E-state index is 5.94. The summed E-state index contributed by atoms with van der Waals surface area (Å²) < 4.78 is 0. The molecule has 0 aliphatic carbocycles. The van der Waals surface area contributed by atoms with Gasteiger partial charge in [0, 0.05) is 18.0 Å². The van der Waals surface area contributed by atoms with Gasteiger partial charge in [0.15, 0.2) is 0 Å². The molecule has 72 valence electrons. The van der Waals surface area contributed by atoms with E-state index in [1.807, 2.05) is 36.4 Å². The summed E-state index contributed by atoms with van der Waals surface area (Å²) in [6.45, 7) is 0.915. The van der Waals surface area contributed by atoms with Gasteiger partial charge in [0.05, 0.1) is 5.04 Å². The van der Waals surface area contributed by atoms with E-state index in [1.54, 1.807) is 11.8 Å². The zero-order valence-corrected chi connectivity index (χ0v) is 8.63. The van der Waals surface area contributed by atoms with Crippen molar-refractivity contribution in [2.24, 2.45) is 10.7 Å². The lowest BCUT2D eigenvalue weighted by Crippen LogP contribution is -1.98. The second-order valence-electron chi connectivity index (χ2n) is 3.03. The van der Waals surface area contributed by atoms with Gasteiger partial charge in [-0.05, 0) is 11.6 Å². The highest BCUT2D eigenvalue weighted by Crippen LogP contribution is 2.16. The van der Waals surface area contributed by atoms with Crippen molar-refractivity contribution in [3.63, 3.8) is 0 Å². The number of nitrogens with zero attached hydrogens (tertiary/aromatic N) is 1. The Morgan fingerprint density at radius 2 is 2.14 bits per heavy atom. The molecule has 1 heterocycles. The number of benzene rings is 1. The van der Waals surface area contributed by atoms with Crippen LogP contribution in [0.2, 0.25) is 0 Å². The average Bonchev–Trinajstić information content (AvgIpc) is 2.72. The van der Waals surface area contributed by atoms with E-state index in [0.717, 1.165) is 28.6 Å². The summed E-state index contributed by atoms with van der Waals surface area (Å²) in [6, 6.07) is 9.97. The van der Waals surface area contributed by atoms with Gasteiger partial charge in [-0.15, -0.1) is 11.8 Å². The molecule has 0 aromatic heterocycles. The Hall–Kier alpha value is -1.22. The second-order valence-corrected chi connectivity index (χ2v) is 4.15. The molecule has 0 saturated carbocycles. The van der Waals surface area contributed by atoms with Crippen molar-refractivity contribution in [1.82, 2.24) is 0 Å². The molecule has 2 nitrogen and oxygen atoms in total. The van der Waals surface area contributed by atoms with Crippen LogP contribution in [-0.2, 0) is 0 Å². The van der Waals surface area contributed by atoms with Gasteiger partial charge < -0.3 is 5.73 Å². The number of thioether (sulfide) groups is 1. The first-order valence-corrected chi connectivity index (χ1v) is 5.54. The molecule has 14 heavy (non-hydrogen) atoms. The van der Waals surface area contributed by atoms with E-state index in [9.17, 15) is 0 Å². The van der Waals surface area contributed by atoms with Crippen LogP contribution in [0.3, 0.4) is 0 Å². The molecule has 0 unspecified atom stereocenters. The summed E-state index contributed by atoms with van der Waals surface area (Å²) in [5, 5.41) is 1.05. The average molecular weight is 204 g/mol. The number of rotatable bonds is 2. The van der Waals surface area contributed by atoms with E-state index >= 15 is 0 Å². The van der Waals surface area contributed by atoms with E-state index in [0.29, 0.717) is 0 Å². The molecule has 0 radical (unpaired) electrons. The molecular formula is C11H12N2S. The Morgan fingerprint density at radius 1 is 1.36 bits per heavy atom. The molecule has 1 aromatic rings. The minimum atomic E-state index is 0.791. The Balaban J connectivity index is 2.19. The monoisotopic (exact) mass is 204 g/mol. The van der Waals surface area contributed by atoms with Crippen LogP contribution >= 0.6 is 11.8 Å². The Morgan fingerprint density at radius 3 is 2.79 bits per heavy atom. The molecule has 1 aliphatic rings. The highest BCUT2D eigenvalue weighted by molar-refractivity contribution is 8.14. The third kappa shape index (κ3) is 2.17. The van der Waals surface area contributed by atoms with Crippen molar-refractivity contribution >= 4 is 22.5 Å². The standard InChI is InChI=1S/C11H12N2S/c12-10(8-11-13-6-7-14-11)9-4-2-1-3-5-9/h1-5,8H,6-7,12H2/b10-8-. The fourth-order valence-electron chi connectivity index (χ4n) is 1.29. The van der Waals surface area contributed by atoms with Gasteiger partial charge in [-0.3, -0.25) is 4.99 Å². The third-order valence-electron chi connectivity index (χ3n) is 1.99. The first-order valence-electron chi connectivity index (χ1n) is 4.56. The minimum absolute atomic E-state index is 0.791. The molecule has 3 heteroatoms. The summed E-state index contributed by atoms with van der Waals surface area (Å²) in [5.41, 5.74) is 7.79. The minimum Gasteiger partial charge on any atom is -0.398 e. The largest absolute Gasteiger partial charge is 0.398 e. The van der Waals surface area contributed by atoms with Crippen molar-refractivity contribution in [2.45, 2.75) is 0 Å². The molecule has 1 aromatic carbocycles. The number of hydrogen-bond acceptors (Lipinski definition) is 3. The van der Waals surface area contributed by atoms with Gasteiger partial charge in [0.1, 0.15) is 0 Å². The van der Waals surface area contributed by atoms with Gasteiger partial charge in [-0.25, -0.2) is 0 Å². The second kappa shape index (κ2) is 4.33. The SMILES string of the molecule is N/C(=C\C1=NCCS1)c1ccccc1. The fourth-order valence-corrected chi connectivity index (χ4v) is 2.07. The van der Waals surface area contributed by atoms with Crippen LogP contribution in [0.25, 0.3) is 5.70 Å². The van der Waals surface area contributed by atoms with Crippen molar-refractivity contribution < 1.29 is 0 Å². The molecule has 2 N–H and O–H groups in total. The first-order chi connectivity index (χ1) is 6.86. The van der Waals surface area contributed by atoms with Gasteiger partial charge >= 0.3 is 0 Å². The van der Waals surface area contributed by atoms with E-state index in [1.165, 1.54) is 0 Å². The lowest BCUT2D eigenvalue weighted by molar-refractivity contribution is 1.18. The molecule has 0 spiro atoms. The van der Waals surface area contributed by atoms with E-state index in [4.69, 9.17) is 5.73 Å². The lowest BCUT2D eigenvalue weighted by Gasteiger charge is -2.00. The zero-order chi connectivity index (χ0) is 9.80.